The number of benzene rings is 2. The molecule has 0 spiro atoms. The van der Waals surface area contributed by atoms with Gasteiger partial charge in [0.05, 0.1) is 0 Å². The van der Waals surface area contributed by atoms with Crippen LogP contribution in [0.4, 0.5) is 0 Å². The predicted molar refractivity (Wildman–Crippen MR) is 101 cm³/mol. The molecule has 0 bridgehead atoms. The van der Waals surface area contributed by atoms with Crippen molar-refractivity contribution in [2.75, 3.05) is 13.1 Å². The highest BCUT2D eigenvalue weighted by atomic mass is 16.4. The van der Waals surface area contributed by atoms with Crippen molar-refractivity contribution in [3.05, 3.63) is 89.5 Å². The van der Waals surface area contributed by atoms with Crippen LogP contribution in [0, 0.1) is 5.92 Å². The normalized spacial score (nSPS) is 16.8. The van der Waals surface area contributed by atoms with E-state index in [0.717, 1.165) is 19.4 Å². The molecule has 0 radical (unpaired) electrons. The maximum atomic E-state index is 11.1. The van der Waals surface area contributed by atoms with Crippen LogP contribution >= 0.6 is 0 Å². The van der Waals surface area contributed by atoms with Crippen molar-refractivity contribution < 1.29 is 9.90 Å². The van der Waals surface area contributed by atoms with Gasteiger partial charge in [0.25, 0.3) is 0 Å². The van der Waals surface area contributed by atoms with Crippen LogP contribution < -0.4 is 5.32 Å². The van der Waals surface area contributed by atoms with Gasteiger partial charge in [-0.2, -0.15) is 0 Å². The molecular formula is C22H23NO2. The Labute approximate surface area is 148 Å². The lowest BCUT2D eigenvalue weighted by atomic mass is 9.93. The lowest BCUT2D eigenvalue weighted by Crippen LogP contribution is -2.31. The molecule has 0 fully saturated rings. The largest absolute Gasteiger partial charge is 0.478 e. The number of hydrogen-bond donors (Lipinski definition) is 2. The number of carbonyl (C=O) groups is 1. The summed E-state index contributed by atoms with van der Waals surface area (Å²) < 4.78 is 0. The van der Waals surface area contributed by atoms with Crippen molar-refractivity contribution in [2.24, 2.45) is 5.92 Å². The Hall–Kier alpha value is -2.65. The lowest BCUT2D eigenvalue weighted by molar-refractivity contribution is -0.132. The zero-order chi connectivity index (χ0) is 17.5. The number of carboxylic acid groups (broad SMARTS) is 1. The summed E-state index contributed by atoms with van der Waals surface area (Å²) in [5, 5.41) is 12.3. The minimum Gasteiger partial charge on any atom is -0.478 e. The Kier molecular flexibility index (Phi) is 5.81. The van der Waals surface area contributed by atoms with E-state index in [1.165, 1.54) is 16.7 Å². The minimum absolute atomic E-state index is 0.267. The highest BCUT2D eigenvalue weighted by Gasteiger charge is 2.16. The van der Waals surface area contributed by atoms with Gasteiger partial charge in [-0.05, 0) is 35.5 Å². The van der Waals surface area contributed by atoms with Crippen molar-refractivity contribution in [2.45, 2.75) is 12.8 Å². The molecule has 3 heteroatoms. The maximum Gasteiger partial charge on any atom is 0.332 e. The van der Waals surface area contributed by atoms with Crippen LogP contribution in [0.2, 0.25) is 0 Å². The molecule has 0 amide bonds. The van der Waals surface area contributed by atoms with E-state index in [1.54, 1.807) is 0 Å². The van der Waals surface area contributed by atoms with E-state index in [1.807, 2.05) is 18.2 Å². The van der Waals surface area contributed by atoms with Crippen LogP contribution in [0.3, 0.4) is 0 Å². The van der Waals surface area contributed by atoms with Gasteiger partial charge in [0.15, 0.2) is 0 Å². The molecular weight excluding hydrogens is 310 g/mol. The smallest absolute Gasteiger partial charge is 0.332 e. The number of aliphatic carboxylic acids is 1. The second kappa shape index (κ2) is 8.45. The molecule has 1 atom stereocenters. The summed E-state index contributed by atoms with van der Waals surface area (Å²) in [6.07, 6.45) is 6.03. The van der Waals surface area contributed by atoms with Gasteiger partial charge in [-0.25, -0.2) is 4.79 Å². The van der Waals surface area contributed by atoms with Gasteiger partial charge in [0, 0.05) is 18.7 Å². The summed E-state index contributed by atoms with van der Waals surface area (Å²) in [6, 6.07) is 20.8. The van der Waals surface area contributed by atoms with Crippen LogP contribution in [0.5, 0.6) is 0 Å². The van der Waals surface area contributed by atoms with Crippen molar-refractivity contribution in [3.8, 4) is 0 Å². The minimum atomic E-state index is -0.818. The molecule has 0 saturated heterocycles. The van der Waals surface area contributed by atoms with Crippen molar-refractivity contribution in [3.63, 3.8) is 0 Å². The lowest BCUT2D eigenvalue weighted by Gasteiger charge is -2.20. The van der Waals surface area contributed by atoms with E-state index in [-0.39, 0.29) is 5.92 Å². The number of allylic oxidation sites excluding steroid dienone is 1. The van der Waals surface area contributed by atoms with Crippen molar-refractivity contribution in [1.82, 2.24) is 5.32 Å². The maximum absolute atomic E-state index is 11.1. The fourth-order valence-corrected chi connectivity index (χ4v) is 3.21. The highest BCUT2D eigenvalue weighted by Crippen LogP contribution is 2.25. The van der Waals surface area contributed by atoms with Crippen LogP contribution in [0.1, 0.15) is 24.0 Å². The third-order valence-electron chi connectivity index (χ3n) is 4.49. The van der Waals surface area contributed by atoms with E-state index in [0.29, 0.717) is 12.1 Å². The highest BCUT2D eigenvalue weighted by molar-refractivity contribution is 5.87. The fourth-order valence-electron chi connectivity index (χ4n) is 3.21. The second-order valence-corrected chi connectivity index (χ2v) is 6.32. The SMILES string of the molecule is O=C(O)C1=CC(CCC=C(c2ccccc2)c2ccccc2)CNC1. The first kappa shape index (κ1) is 17.2. The molecule has 1 heterocycles. The van der Waals surface area contributed by atoms with Gasteiger partial charge >= 0.3 is 5.97 Å². The zero-order valence-electron chi connectivity index (χ0n) is 14.2. The summed E-state index contributed by atoms with van der Waals surface area (Å²) in [6.45, 7) is 1.30. The average molecular weight is 333 g/mol. The van der Waals surface area contributed by atoms with Gasteiger partial charge < -0.3 is 10.4 Å². The molecule has 1 aliphatic rings. The summed E-state index contributed by atoms with van der Waals surface area (Å²) in [5.41, 5.74) is 4.12. The van der Waals surface area contributed by atoms with Crippen LogP contribution in [0.25, 0.3) is 5.57 Å². The molecule has 1 unspecified atom stereocenters. The van der Waals surface area contributed by atoms with Gasteiger partial charge in [-0.3, -0.25) is 0 Å². The Morgan fingerprint density at radius 3 is 2.20 bits per heavy atom. The molecule has 1 aliphatic heterocycles. The molecule has 0 aromatic heterocycles. The molecule has 25 heavy (non-hydrogen) atoms. The van der Waals surface area contributed by atoms with Gasteiger partial charge in [-0.15, -0.1) is 0 Å². The first-order valence-electron chi connectivity index (χ1n) is 8.70. The first-order valence-corrected chi connectivity index (χ1v) is 8.70. The van der Waals surface area contributed by atoms with Crippen molar-refractivity contribution >= 4 is 11.5 Å². The third-order valence-corrected chi connectivity index (χ3v) is 4.49. The summed E-state index contributed by atoms with van der Waals surface area (Å²) >= 11 is 0. The predicted octanol–water partition coefficient (Wildman–Crippen LogP) is 4.13. The molecule has 0 saturated carbocycles. The Morgan fingerprint density at radius 2 is 1.64 bits per heavy atom. The van der Waals surface area contributed by atoms with Crippen LogP contribution in [-0.4, -0.2) is 24.2 Å². The van der Waals surface area contributed by atoms with Crippen LogP contribution in [0.15, 0.2) is 78.4 Å². The molecule has 2 aromatic rings. The fraction of sp³-hybridized carbons (Fsp3) is 0.227. The van der Waals surface area contributed by atoms with E-state index >= 15 is 0 Å². The monoisotopic (exact) mass is 333 g/mol. The summed E-state index contributed by atoms with van der Waals surface area (Å²) in [4.78, 5) is 11.1. The Morgan fingerprint density at radius 1 is 1.04 bits per heavy atom. The second-order valence-electron chi connectivity index (χ2n) is 6.32. The Bertz CT molecular complexity index is 722. The van der Waals surface area contributed by atoms with E-state index < -0.39 is 5.97 Å². The standard InChI is InChI=1S/C22H23NO2/c24-22(25)20-14-17(15-23-16-20)8-7-13-21(18-9-3-1-4-10-18)19-11-5-2-6-12-19/h1-6,9-14,17,23H,7-8,15-16H2,(H,24,25). The Balaban J connectivity index is 1.76. The van der Waals surface area contributed by atoms with Gasteiger partial charge in [0.2, 0.25) is 0 Å². The topological polar surface area (TPSA) is 49.3 Å². The molecule has 0 aliphatic carbocycles. The molecule has 3 rings (SSSR count). The van der Waals surface area contributed by atoms with E-state index in [2.05, 4.69) is 59.9 Å². The number of carboxylic acids is 1. The van der Waals surface area contributed by atoms with Crippen molar-refractivity contribution in [1.29, 1.82) is 0 Å². The van der Waals surface area contributed by atoms with Gasteiger partial charge in [-0.1, -0.05) is 72.8 Å². The van der Waals surface area contributed by atoms with E-state index in [9.17, 15) is 4.79 Å². The van der Waals surface area contributed by atoms with Gasteiger partial charge in [0.1, 0.15) is 0 Å². The summed E-state index contributed by atoms with van der Waals surface area (Å²) in [5.74, 6) is -0.550. The molecule has 128 valence electrons. The molecule has 2 aromatic carbocycles. The summed E-state index contributed by atoms with van der Waals surface area (Å²) in [7, 11) is 0. The quantitative estimate of drug-likeness (QED) is 0.836. The average Bonchev–Trinajstić information content (AvgIpc) is 2.67. The number of hydrogen-bond acceptors (Lipinski definition) is 2. The number of nitrogens with one attached hydrogen (secondary N) is 1. The number of rotatable bonds is 6. The first-order chi connectivity index (χ1) is 12.2. The van der Waals surface area contributed by atoms with Crippen LogP contribution in [-0.2, 0) is 4.79 Å². The third kappa shape index (κ3) is 4.68. The molecule has 3 nitrogen and oxygen atoms in total. The van der Waals surface area contributed by atoms with E-state index in [4.69, 9.17) is 5.11 Å². The molecule has 2 N–H and O–H groups in total. The zero-order valence-corrected chi connectivity index (χ0v) is 14.2.